The van der Waals surface area contributed by atoms with E-state index in [0.717, 1.165) is 31.2 Å². The predicted molar refractivity (Wildman–Crippen MR) is 94.0 cm³/mol. The van der Waals surface area contributed by atoms with Gasteiger partial charge in [0.05, 0.1) is 26.6 Å². The van der Waals surface area contributed by atoms with Gasteiger partial charge >= 0.3 is 5.97 Å². The van der Waals surface area contributed by atoms with Gasteiger partial charge in [0, 0.05) is 6.04 Å². The van der Waals surface area contributed by atoms with Crippen molar-refractivity contribution < 1.29 is 24.2 Å². The molecule has 1 saturated carbocycles. The van der Waals surface area contributed by atoms with E-state index in [9.17, 15) is 14.7 Å². The Morgan fingerprint density at radius 2 is 1.76 bits per heavy atom. The maximum Gasteiger partial charge on any atom is 0.308 e. The van der Waals surface area contributed by atoms with E-state index < -0.39 is 11.9 Å². The molecule has 1 aliphatic carbocycles. The molecule has 0 radical (unpaired) electrons. The lowest BCUT2D eigenvalue weighted by Crippen LogP contribution is -2.44. The zero-order valence-electron chi connectivity index (χ0n) is 14.9. The molecule has 1 aromatic rings. The molecule has 0 aromatic heterocycles. The van der Waals surface area contributed by atoms with E-state index in [0.29, 0.717) is 24.3 Å². The van der Waals surface area contributed by atoms with E-state index in [1.165, 1.54) is 0 Å². The van der Waals surface area contributed by atoms with Crippen LogP contribution in [0.5, 0.6) is 11.5 Å². The Morgan fingerprint density at radius 3 is 2.40 bits per heavy atom. The van der Waals surface area contributed by atoms with Crippen LogP contribution in [0, 0.1) is 5.92 Å². The zero-order chi connectivity index (χ0) is 18.2. The van der Waals surface area contributed by atoms with Gasteiger partial charge in [-0.2, -0.15) is 0 Å². The van der Waals surface area contributed by atoms with Crippen LogP contribution in [-0.4, -0.2) is 37.2 Å². The third kappa shape index (κ3) is 5.37. The van der Waals surface area contributed by atoms with Crippen LogP contribution in [0.4, 0.5) is 0 Å². The summed E-state index contributed by atoms with van der Waals surface area (Å²) in [5, 5.41) is 12.4. The highest BCUT2D eigenvalue weighted by molar-refractivity contribution is 5.80. The van der Waals surface area contributed by atoms with E-state index >= 15 is 0 Å². The third-order valence-corrected chi connectivity index (χ3v) is 4.74. The van der Waals surface area contributed by atoms with Crippen LogP contribution in [0.15, 0.2) is 18.2 Å². The summed E-state index contributed by atoms with van der Waals surface area (Å²) in [6.45, 7) is 0. The van der Waals surface area contributed by atoms with Crippen molar-refractivity contribution in [3.05, 3.63) is 23.8 Å². The second kappa shape index (κ2) is 9.30. The molecule has 6 nitrogen and oxygen atoms in total. The van der Waals surface area contributed by atoms with Crippen LogP contribution in [0.3, 0.4) is 0 Å². The Hall–Kier alpha value is -2.24. The minimum atomic E-state index is -0.821. The number of aliphatic carboxylic acids is 1. The number of carboxylic acids is 1. The number of amides is 1. The molecule has 0 saturated heterocycles. The smallest absolute Gasteiger partial charge is 0.308 e. The summed E-state index contributed by atoms with van der Waals surface area (Å²) in [6.07, 6.45) is 5.53. The minimum absolute atomic E-state index is 0.163. The van der Waals surface area contributed by atoms with Gasteiger partial charge in [0.2, 0.25) is 5.91 Å². The largest absolute Gasteiger partial charge is 0.493 e. The van der Waals surface area contributed by atoms with E-state index in [-0.39, 0.29) is 18.4 Å². The number of rotatable bonds is 6. The monoisotopic (exact) mass is 349 g/mol. The van der Waals surface area contributed by atoms with Gasteiger partial charge in [-0.1, -0.05) is 31.7 Å². The number of methoxy groups -OCH3 is 2. The van der Waals surface area contributed by atoms with Crippen molar-refractivity contribution in [2.24, 2.45) is 5.92 Å². The summed E-state index contributed by atoms with van der Waals surface area (Å²) in [5.41, 5.74) is 0.799. The number of nitrogens with one attached hydrogen (secondary N) is 1. The molecule has 0 spiro atoms. The number of carboxylic acid groups (broad SMARTS) is 1. The van der Waals surface area contributed by atoms with Crippen molar-refractivity contribution in [3.8, 4) is 11.5 Å². The predicted octanol–water partition coefficient (Wildman–Crippen LogP) is 2.79. The molecule has 138 valence electrons. The standard InChI is InChI=1S/C19H27NO5/c1-24-16-10-9-13(11-17(16)25-2)12-18(21)20-15-8-6-4-3-5-7-14(15)19(22)23/h9-11,14-15H,3-8,12H2,1-2H3,(H,20,21)(H,22,23). The lowest BCUT2D eigenvalue weighted by Gasteiger charge is -2.27. The fourth-order valence-electron chi connectivity index (χ4n) is 3.39. The molecule has 0 bridgehead atoms. The van der Waals surface area contributed by atoms with Gasteiger partial charge in [-0.05, 0) is 30.5 Å². The molecule has 0 aliphatic heterocycles. The van der Waals surface area contributed by atoms with Gasteiger partial charge in [-0.15, -0.1) is 0 Å². The minimum Gasteiger partial charge on any atom is -0.493 e. The molecule has 1 aromatic carbocycles. The molecule has 0 heterocycles. The van der Waals surface area contributed by atoms with Gasteiger partial charge in [0.25, 0.3) is 0 Å². The molecule has 25 heavy (non-hydrogen) atoms. The van der Waals surface area contributed by atoms with E-state index in [1.54, 1.807) is 26.4 Å². The van der Waals surface area contributed by atoms with Crippen molar-refractivity contribution in [1.29, 1.82) is 0 Å². The third-order valence-electron chi connectivity index (χ3n) is 4.74. The van der Waals surface area contributed by atoms with Crippen LogP contribution < -0.4 is 14.8 Å². The van der Waals surface area contributed by atoms with Crippen LogP contribution in [0.25, 0.3) is 0 Å². The van der Waals surface area contributed by atoms with E-state index in [1.807, 2.05) is 6.07 Å². The number of ether oxygens (including phenoxy) is 2. The molecule has 2 rings (SSSR count). The first-order valence-electron chi connectivity index (χ1n) is 8.78. The van der Waals surface area contributed by atoms with Gasteiger partial charge in [0.15, 0.2) is 11.5 Å². The molecule has 1 fully saturated rings. The van der Waals surface area contributed by atoms with Crippen molar-refractivity contribution in [2.75, 3.05) is 14.2 Å². The number of carbonyl (C=O) groups excluding carboxylic acids is 1. The zero-order valence-corrected chi connectivity index (χ0v) is 14.9. The van der Waals surface area contributed by atoms with Crippen molar-refractivity contribution >= 4 is 11.9 Å². The van der Waals surface area contributed by atoms with Crippen LogP contribution in [0.1, 0.15) is 44.1 Å². The van der Waals surface area contributed by atoms with Crippen LogP contribution in [-0.2, 0) is 16.0 Å². The SMILES string of the molecule is COc1ccc(CC(=O)NC2CCCCCCC2C(=O)O)cc1OC. The molecule has 2 N–H and O–H groups in total. The summed E-state index contributed by atoms with van der Waals surface area (Å²) in [4.78, 5) is 24.0. The number of carbonyl (C=O) groups is 2. The first-order chi connectivity index (χ1) is 12.0. The van der Waals surface area contributed by atoms with Gasteiger partial charge in [-0.3, -0.25) is 9.59 Å². The number of hydrogen-bond donors (Lipinski definition) is 2. The molecular formula is C19H27NO5. The molecule has 6 heteroatoms. The highest BCUT2D eigenvalue weighted by Crippen LogP contribution is 2.28. The first kappa shape index (κ1) is 19.1. The fourth-order valence-corrected chi connectivity index (χ4v) is 3.39. The lowest BCUT2D eigenvalue weighted by atomic mass is 9.86. The Morgan fingerprint density at radius 1 is 1.08 bits per heavy atom. The quantitative estimate of drug-likeness (QED) is 0.825. The number of benzene rings is 1. The van der Waals surface area contributed by atoms with Gasteiger partial charge in [0.1, 0.15) is 0 Å². The highest BCUT2D eigenvalue weighted by Gasteiger charge is 2.29. The van der Waals surface area contributed by atoms with Gasteiger partial charge < -0.3 is 19.9 Å². The summed E-state index contributed by atoms with van der Waals surface area (Å²) in [5.74, 6) is -0.309. The lowest BCUT2D eigenvalue weighted by molar-refractivity contribution is -0.143. The summed E-state index contributed by atoms with van der Waals surface area (Å²) in [6, 6.07) is 5.04. The van der Waals surface area contributed by atoms with E-state index in [2.05, 4.69) is 5.32 Å². The van der Waals surface area contributed by atoms with Crippen molar-refractivity contribution in [1.82, 2.24) is 5.32 Å². The number of hydrogen-bond acceptors (Lipinski definition) is 4. The molecule has 2 atom stereocenters. The maximum absolute atomic E-state index is 12.4. The Labute approximate surface area is 148 Å². The Kier molecular flexibility index (Phi) is 7.10. The van der Waals surface area contributed by atoms with Gasteiger partial charge in [-0.25, -0.2) is 0 Å². The molecular weight excluding hydrogens is 322 g/mol. The van der Waals surface area contributed by atoms with E-state index in [4.69, 9.17) is 9.47 Å². The second-order valence-electron chi connectivity index (χ2n) is 6.48. The summed E-state index contributed by atoms with van der Waals surface area (Å²) < 4.78 is 10.4. The Bertz CT molecular complexity index is 601. The van der Waals surface area contributed by atoms with Crippen molar-refractivity contribution in [2.45, 2.75) is 51.0 Å². The topological polar surface area (TPSA) is 84.9 Å². The van der Waals surface area contributed by atoms with Crippen LogP contribution in [0.2, 0.25) is 0 Å². The normalized spacial score (nSPS) is 20.9. The molecule has 1 aliphatic rings. The summed E-state index contributed by atoms with van der Waals surface area (Å²) >= 11 is 0. The van der Waals surface area contributed by atoms with Crippen LogP contribution >= 0.6 is 0 Å². The molecule has 1 amide bonds. The average Bonchev–Trinajstić information content (AvgIpc) is 2.56. The Balaban J connectivity index is 2.03. The second-order valence-corrected chi connectivity index (χ2v) is 6.48. The molecule has 2 unspecified atom stereocenters. The highest BCUT2D eigenvalue weighted by atomic mass is 16.5. The average molecular weight is 349 g/mol. The summed E-state index contributed by atoms with van der Waals surface area (Å²) in [7, 11) is 3.11. The first-order valence-corrected chi connectivity index (χ1v) is 8.78. The fraction of sp³-hybridized carbons (Fsp3) is 0.579. The van der Waals surface area contributed by atoms with Crippen molar-refractivity contribution in [3.63, 3.8) is 0 Å². The maximum atomic E-state index is 12.4.